The third kappa shape index (κ3) is 5.90. The number of carboxylic acid groups (broad SMARTS) is 1. The Hall–Kier alpha value is -4.49. The average molecular weight is 534 g/mol. The predicted octanol–water partition coefficient (Wildman–Crippen LogP) is 6.73. The summed E-state index contributed by atoms with van der Waals surface area (Å²) in [6, 6.07) is 32.9. The Morgan fingerprint density at radius 1 is 0.900 bits per heavy atom. The van der Waals surface area contributed by atoms with Crippen LogP contribution in [0.15, 0.2) is 102 Å². The molecular weight excluding hydrogens is 502 g/mol. The lowest BCUT2D eigenvalue weighted by Gasteiger charge is -2.37. The highest BCUT2D eigenvalue weighted by molar-refractivity contribution is 5.82. The third-order valence-electron chi connectivity index (χ3n) is 7.64. The molecule has 1 N–H and O–H groups in total. The number of likely N-dealkylation sites (tertiary alicyclic amines) is 1. The molecule has 0 radical (unpaired) electrons. The lowest BCUT2D eigenvalue weighted by molar-refractivity contribution is -0.0199. The van der Waals surface area contributed by atoms with Crippen LogP contribution in [0, 0.1) is 0 Å². The van der Waals surface area contributed by atoms with Crippen molar-refractivity contribution in [1.82, 2.24) is 15.0 Å². The summed E-state index contributed by atoms with van der Waals surface area (Å²) >= 11 is 0. The lowest BCUT2D eigenvalue weighted by Crippen LogP contribution is -2.46. The molecule has 6 rings (SSSR count). The van der Waals surface area contributed by atoms with Crippen LogP contribution in [0.5, 0.6) is 0 Å². The number of rotatable bonds is 8. The van der Waals surface area contributed by atoms with E-state index in [1.165, 1.54) is 26.8 Å². The van der Waals surface area contributed by atoms with Crippen molar-refractivity contribution in [1.29, 1.82) is 0 Å². The van der Waals surface area contributed by atoms with E-state index in [-0.39, 0.29) is 12.0 Å². The van der Waals surface area contributed by atoms with Gasteiger partial charge in [0, 0.05) is 24.4 Å². The monoisotopic (exact) mass is 533 g/mol. The third-order valence-corrected chi connectivity index (χ3v) is 7.64. The summed E-state index contributed by atoms with van der Waals surface area (Å²) in [6.07, 6.45) is 1.05. The maximum Gasteiger partial charge on any atom is 0.407 e. The van der Waals surface area contributed by atoms with Crippen LogP contribution in [0.4, 0.5) is 4.79 Å². The molecule has 1 aliphatic rings. The van der Waals surface area contributed by atoms with Gasteiger partial charge in [0.2, 0.25) is 11.7 Å². The Morgan fingerprint density at radius 2 is 1.65 bits per heavy atom. The Bertz CT molecular complexity index is 1580. The van der Waals surface area contributed by atoms with Crippen LogP contribution in [0.3, 0.4) is 0 Å². The topological polar surface area (TPSA) is 88.7 Å². The summed E-state index contributed by atoms with van der Waals surface area (Å²) in [4.78, 5) is 17.7. The number of amides is 1. The van der Waals surface area contributed by atoms with Gasteiger partial charge >= 0.3 is 6.09 Å². The van der Waals surface area contributed by atoms with Gasteiger partial charge in [-0.05, 0) is 46.4 Å². The zero-order valence-corrected chi connectivity index (χ0v) is 22.1. The fraction of sp³-hybridized carbons (Fsp3) is 0.242. The Morgan fingerprint density at radius 3 is 2.45 bits per heavy atom. The molecule has 1 amide bonds. The minimum Gasteiger partial charge on any atom is -0.465 e. The minimum atomic E-state index is -0.899. The fourth-order valence-corrected chi connectivity index (χ4v) is 5.42. The first kappa shape index (κ1) is 25.8. The summed E-state index contributed by atoms with van der Waals surface area (Å²) in [6.45, 7) is 1.29. The SMILES string of the molecule is O=C(O)N1CCC(c2ccc(CCc3nc(-c4ccccc4)no3)cc2)C(OCc2ccc3ccccc3c2)C1. The van der Waals surface area contributed by atoms with Gasteiger partial charge in [0.1, 0.15) is 0 Å². The predicted molar refractivity (Wildman–Crippen MR) is 153 cm³/mol. The second kappa shape index (κ2) is 11.7. The molecule has 7 heteroatoms. The fourth-order valence-electron chi connectivity index (χ4n) is 5.42. The molecule has 202 valence electrons. The van der Waals surface area contributed by atoms with Crippen molar-refractivity contribution in [3.05, 3.63) is 120 Å². The zero-order chi connectivity index (χ0) is 27.3. The molecule has 1 aliphatic heterocycles. The molecule has 2 atom stereocenters. The second-order valence-corrected chi connectivity index (χ2v) is 10.3. The van der Waals surface area contributed by atoms with Crippen molar-refractivity contribution >= 4 is 16.9 Å². The molecule has 0 bridgehead atoms. The number of nitrogens with zero attached hydrogens (tertiary/aromatic N) is 3. The van der Waals surface area contributed by atoms with E-state index in [0.29, 0.717) is 37.8 Å². The van der Waals surface area contributed by atoms with Crippen LogP contribution in [-0.2, 0) is 24.2 Å². The van der Waals surface area contributed by atoms with Gasteiger partial charge in [0.15, 0.2) is 0 Å². The van der Waals surface area contributed by atoms with Gasteiger partial charge in [-0.3, -0.25) is 0 Å². The second-order valence-electron chi connectivity index (χ2n) is 10.3. The van der Waals surface area contributed by atoms with E-state index in [9.17, 15) is 9.90 Å². The first-order chi connectivity index (χ1) is 19.6. The summed E-state index contributed by atoms with van der Waals surface area (Å²) in [7, 11) is 0. The standard InChI is InChI=1S/C33H31N3O4/c37-33(38)36-19-18-29(30(21-36)39-22-24-12-14-25-6-4-5-9-28(25)20-24)26-15-10-23(11-16-26)13-17-31-34-32(35-40-31)27-7-2-1-3-8-27/h1-12,14-16,20,29-30H,13,17-19,21-22H2,(H,37,38). The zero-order valence-electron chi connectivity index (χ0n) is 22.1. The molecule has 7 nitrogen and oxygen atoms in total. The van der Waals surface area contributed by atoms with E-state index in [1.54, 1.807) is 0 Å². The molecule has 2 heterocycles. The maximum absolute atomic E-state index is 11.7. The summed E-state index contributed by atoms with van der Waals surface area (Å²) < 4.78 is 11.9. The highest BCUT2D eigenvalue weighted by atomic mass is 16.5. The molecule has 0 saturated carbocycles. The van der Waals surface area contributed by atoms with Crippen molar-refractivity contribution in [2.75, 3.05) is 13.1 Å². The van der Waals surface area contributed by atoms with E-state index >= 15 is 0 Å². The molecule has 1 aromatic heterocycles. The van der Waals surface area contributed by atoms with E-state index in [2.05, 4.69) is 64.7 Å². The van der Waals surface area contributed by atoms with Crippen LogP contribution in [0.1, 0.15) is 34.9 Å². The van der Waals surface area contributed by atoms with Gasteiger partial charge in [0.25, 0.3) is 0 Å². The molecule has 4 aromatic carbocycles. The summed E-state index contributed by atoms with van der Waals surface area (Å²) in [5, 5.41) is 16.1. The van der Waals surface area contributed by atoms with Crippen molar-refractivity contribution in [2.45, 2.75) is 37.9 Å². The van der Waals surface area contributed by atoms with Crippen molar-refractivity contribution < 1.29 is 19.2 Å². The van der Waals surface area contributed by atoms with Gasteiger partial charge < -0.3 is 19.3 Å². The van der Waals surface area contributed by atoms with E-state index in [4.69, 9.17) is 9.26 Å². The summed E-state index contributed by atoms with van der Waals surface area (Å²) in [5.41, 5.74) is 4.37. The average Bonchev–Trinajstić information content (AvgIpc) is 3.49. The minimum absolute atomic E-state index is 0.120. The number of fused-ring (bicyclic) bond motifs is 1. The van der Waals surface area contributed by atoms with E-state index < -0.39 is 6.09 Å². The Kier molecular flexibility index (Phi) is 7.55. The molecule has 1 fully saturated rings. The van der Waals surface area contributed by atoms with Gasteiger partial charge in [-0.2, -0.15) is 4.98 Å². The maximum atomic E-state index is 11.7. The first-order valence-electron chi connectivity index (χ1n) is 13.7. The number of aromatic nitrogens is 2. The van der Waals surface area contributed by atoms with Gasteiger partial charge in [-0.15, -0.1) is 0 Å². The molecule has 40 heavy (non-hydrogen) atoms. The van der Waals surface area contributed by atoms with Crippen LogP contribution in [-0.4, -0.2) is 45.4 Å². The van der Waals surface area contributed by atoms with E-state index in [0.717, 1.165) is 24.0 Å². The Labute approximate surface area is 233 Å². The highest BCUT2D eigenvalue weighted by Crippen LogP contribution is 2.32. The molecule has 0 aliphatic carbocycles. The van der Waals surface area contributed by atoms with Crippen molar-refractivity contribution in [2.24, 2.45) is 0 Å². The number of hydrogen-bond acceptors (Lipinski definition) is 5. The number of piperidine rings is 1. The normalized spacial score (nSPS) is 17.2. The van der Waals surface area contributed by atoms with E-state index in [1.807, 2.05) is 42.5 Å². The largest absolute Gasteiger partial charge is 0.465 e. The number of hydrogen-bond donors (Lipinski definition) is 1. The number of benzene rings is 4. The molecule has 1 saturated heterocycles. The quantitative estimate of drug-likeness (QED) is 0.238. The Balaban J connectivity index is 1.11. The molecule has 2 unspecified atom stereocenters. The summed E-state index contributed by atoms with van der Waals surface area (Å²) in [5.74, 6) is 1.34. The molecule has 0 spiro atoms. The van der Waals surface area contributed by atoms with Crippen LogP contribution in [0.2, 0.25) is 0 Å². The molecule has 5 aromatic rings. The molecular formula is C33H31N3O4. The number of aryl methyl sites for hydroxylation is 2. The van der Waals surface area contributed by atoms with Crippen molar-refractivity contribution in [3.8, 4) is 11.4 Å². The van der Waals surface area contributed by atoms with Gasteiger partial charge in [-0.25, -0.2) is 4.79 Å². The lowest BCUT2D eigenvalue weighted by atomic mass is 9.86. The van der Waals surface area contributed by atoms with Gasteiger partial charge in [0.05, 0.1) is 19.3 Å². The van der Waals surface area contributed by atoms with Crippen LogP contribution < -0.4 is 0 Å². The van der Waals surface area contributed by atoms with Crippen LogP contribution >= 0.6 is 0 Å². The van der Waals surface area contributed by atoms with Crippen molar-refractivity contribution in [3.63, 3.8) is 0 Å². The number of carbonyl (C=O) groups is 1. The highest BCUT2D eigenvalue weighted by Gasteiger charge is 2.33. The van der Waals surface area contributed by atoms with Crippen LogP contribution in [0.25, 0.3) is 22.2 Å². The first-order valence-corrected chi connectivity index (χ1v) is 13.7. The van der Waals surface area contributed by atoms with Gasteiger partial charge in [-0.1, -0.05) is 96.2 Å². The number of ether oxygens (including phenoxy) is 1. The smallest absolute Gasteiger partial charge is 0.407 e.